The first-order valence-corrected chi connectivity index (χ1v) is 9.99. The van der Waals surface area contributed by atoms with Crippen LogP contribution in [0.4, 0.5) is 5.69 Å². The summed E-state index contributed by atoms with van der Waals surface area (Å²) in [5.74, 6) is -1.17. The molecule has 8 heteroatoms. The van der Waals surface area contributed by atoms with Crippen LogP contribution in [-0.2, 0) is 9.53 Å². The third kappa shape index (κ3) is 4.82. The molecule has 31 heavy (non-hydrogen) atoms. The van der Waals surface area contributed by atoms with E-state index < -0.39 is 18.5 Å². The molecule has 1 N–H and O–H groups in total. The molecule has 0 atom stereocenters. The number of nitrogens with one attached hydrogen (secondary N) is 1. The molecule has 2 aromatic carbocycles. The second kappa shape index (κ2) is 9.12. The third-order valence-corrected chi connectivity index (χ3v) is 5.01. The molecule has 4 rings (SSSR count). The largest absolute Gasteiger partial charge is 0.452 e. The molecule has 0 bridgehead atoms. The summed E-state index contributed by atoms with van der Waals surface area (Å²) in [6.07, 6.45) is 3.30. The van der Waals surface area contributed by atoms with Gasteiger partial charge in [-0.1, -0.05) is 41.4 Å². The van der Waals surface area contributed by atoms with Gasteiger partial charge in [0.05, 0.1) is 27.5 Å². The second-order valence-corrected chi connectivity index (χ2v) is 7.40. The zero-order chi connectivity index (χ0) is 21.8. The number of aromatic nitrogens is 2. The summed E-state index contributed by atoms with van der Waals surface area (Å²) in [7, 11) is 0. The number of anilines is 1. The van der Waals surface area contributed by atoms with Crippen LogP contribution in [-0.4, -0.2) is 28.5 Å². The summed E-state index contributed by atoms with van der Waals surface area (Å²) in [6.45, 7) is -0.483. The van der Waals surface area contributed by atoms with Crippen molar-refractivity contribution in [3.63, 3.8) is 0 Å². The van der Waals surface area contributed by atoms with Gasteiger partial charge in [-0.2, -0.15) is 0 Å². The van der Waals surface area contributed by atoms with Gasteiger partial charge in [-0.15, -0.1) is 0 Å². The second-order valence-electron chi connectivity index (χ2n) is 6.56. The Morgan fingerprint density at radius 2 is 1.74 bits per heavy atom. The van der Waals surface area contributed by atoms with Gasteiger partial charge >= 0.3 is 5.97 Å². The lowest BCUT2D eigenvalue weighted by Crippen LogP contribution is -2.21. The maximum atomic E-state index is 12.8. The minimum absolute atomic E-state index is 0.311. The van der Waals surface area contributed by atoms with Crippen LogP contribution in [0.1, 0.15) is 10.4 Å². The molecule has 1 amide bonds. The Kier molecular flexibility index (Phi) is 6.11. The number of carbonyl (C=O) groups is 2. The number of para-hydroxylation sites is 1. The van der Waals surface area contributed by atoms with E-state index in [-0.39, 0.29) is 0 Å². The van der Waals surface area contributed by atoms with E-state index in [0.29, 0.717) is 37.9 Å². The van der Waals surface area contributed by atoms with E-state index in [1.165, 1.54) is 6.07 Å². The molecule has 0 fully saturated rings. The van der Waals surface area contributed by atoms with Crippen LogP contribution in [0.5, 0.6) is 0 Å². The molecule has 0 aliphatic heterocycles. The van der Waals surface area contributed by atoms with E-state index in [9.17, 15) is 9.59 Å². The highest BCUT2D eigenvalue weighted by Gasteiger charge is 2.17. The van der Waals surface area contributed by atoms with Gasteiger partial charge in [-0.3, -0.25) is 9.78 Å². The lowest BCUT2D eigenvalue weighted by atomic mass is 10.0. The lowest BCUT2D eigenvalue weighted by molar-refractivity contribution is -0.119. The average Bonchev–Trinajstić information content (AvgIpc) is 2.79. The summed E-state index contributed by atoms with van der Waals surface area (Å²) in [5, 5.41) is 3.95. The maximum Gasteiger partial charge on any atom is 0.339 e. The minimum atomic E-state index is -0.638. The molecule has 0 aliphatic carbocycles. The monoisotopic (exact) mass is 451 g/mol. The zero-order valence-electron chi connectivity index (χ0n) is 16.0. The van der Waals surface area contributed by atoms with Gasteiger partial charge in [-0.25, -0.2) is 9.78 Å². The Morgan fingerprint density at radius 3 is 2.55 bits per heavy atom. The van der Waals surface area contributed by atoms with Crippen molar-refractivity contribution in [2.75, 3.05) is 11.9 Å². The number of fused-ring (bicyclic) bond motifs is 1. The van der Waals surface area contributed by atoms with E-state index in [1.54, 1.807) is 54.9 Å². The summed E-state index contributed by atoms with van der Waals surface area (Å²) in [5.41, 5.74) is 2.70. The van der Waals surface area contributed by atoms with E-state index in [0.717, 1.165) is 5.56 Å². The maximum absolute atomic E-state index is 12.8. The summed E-state index contributed by atoms with van der Waals surface area (Å²) in [6, 6.07) is 17.2. The number of rotatable bonds is 5. The number of hydrogen-bond donors (Lipinski definition) is 1. The van der Waals surface area contributed by atoms with Gasteiger partial charge in [-0.05, 0) is 42.5 Å². The number of esters is 1. The predicted molar refractivity (Wildman–Crippen MR) is 120 cm³/mol. The fourth-order valence-electron chi connectivity index (χ4n) is 3.00. The quantitative estimate of drug-likeness (QED) is 0.410. The smallest absolute Gasteiger partial charge is 0.339 e. The molecule has 0 saturated carbocycles. The highest BCUT2D eigenvalue weighted by atomic mass is 35.5. The minimum Gasteiger partial charge on any atom is -0.452 e. The van der Waals surface area contributed by atoms with E-state index in [4.69, 9.17) is 27.9 Å². The Morgan fingerprint density at radius 1 is 0.968 bits per heavy atom. The highest BCUT2D eigenvalue weighted by Crippen LogP contribution is 2.26. The van der Waals surface area contributed by atoms with E-state index in [2.05, 4.69) is 15.3 Å². The number of benzene rings is 2. The van der Waals surface area contributed by atoms with E-state index in [1.807, 2.05) is 12.1 Å². The molecule has 2 heterocycles. The fraction of sp³-hybridized carbons (Fsp3) is 0.0435. The van der Waals surface area contributed by atoms with Crippen LogP contribution in [0.25, 0.3) is 22.2 Å². The number of hydrogen-bond acceptors (Lipinski definition) is 5. The van der Waals surface area contributed by atoms with Gasteiger partial charge in [0.25, 0.3) is 5.91 Å². The Hall–Kier alpha value is -3.48. The van der Waals surface area contributed by atoms with Crippen molar-refractivity contribution in [3.05, 3.63) is 88.7 Å². The Bertz CT molecular complexity index is 1280. The van der Waals surface area contributed by atoms with Gasteiger partial charge in [0.2, 0.25) is 0 Å². The molecular weight excluding hydrogens is 437 g/mol. The van der Waals surface area contributed by atoms with Crippen molar-refractivity contribution in [2.45, 2.75) is 0 Å². The molecule has 2 aromatic heterocycles. The van der Waals surface area contributed by atoms with Gasteiger partial charge in [0.1, 0.15) is 0 Å². The van der Waals surface area contributed by atoms with E-state index >= 15 is 0 Å². The van der Waals surface area contributed by atoms with Crippen molar-refractivity contribution in [2.24, 2.45) is 0 Å². The average molecular weight is 452 g/mol. The van der Waals surface area contributed by atoms with Crippen LogP contribution >= 0.6 is 23.2 Å². The van der Waals surface area contributed by atoms with Crippen molar-refractivity contribution >= 4 is 51.7 Å². The Balaban J connectivity index is 1.56. The number of amides is 1. The van der Waals surface area contributed by atoms with Crippen molar-refractivity contribution < 1.29 is 14.3 Å². The van der Waals surface area contributed by atoms with Gasteiger partial charge in [0.15, 0.2) is 6.61 Å². The van der Waals surface area contributed by atoms with Crippen molar-refractivity contribution in [1.82, 2.24) is 9.97 Å². The van der Waals surface area contributed by atoms with Crippen molar-refractivity contribution in [3.8, 4) is 11.3 Å². The molecule has 4 aromatic rings. The lowest BCUT2D eigenvalue weighted by Gasteiger charge is -2.11. The summed E-state index contributed by atoms with van der Waals surface area (Å²) in [4.78, 5) is 33.7. The first-order chi connectivity index (χ1) is 15.0. The molecule has 154 valence electrons. The first kappa shape index (κ1) is 20.8. The molecule has 0 aliphatic rings. The van der Waals surface area contributed by atoms with Crippen LogP contribution < -0.4 is 5.32 Å². The summed E-state index contributed by atoms with van der Waals surface area (Å²) < 4.78 is 5.26. The van der Waals surface area contributed by atoms with Crippen LogP contribution in [0.2, 0.25) is 10.0 Å². The summed E-state index contributed by atoms with van der Waals surface area (Å²) >= 11 is 12.0. The zero-order valence-corrected chi connectivity index (χ0v) is 17.5. The topological polar surface area (TPSA) is 81.2 Å². The number of pyridine rings is 2. The number of nitrogens with zero attached hydrogens (tertiary/aromatic N) is 2. The number of carbonyl (C=O) groups excluding carboxylic acids is 2. The highest BCUT2D eigenvalue weighted by molar-refractivity contribution is 6.35. The van der Waals surface area contributed by atoms with Crippen LogP contribution in [0.15, 0.2) is 73.1 Å². The molecule has 0 radical (unpaired) electrons. The van der Waals surface area contributed by atoms with Crippen molar-refractivity contribution in [1.29, 1.82) is 0 Å². The normalized spacial score (nSPS) is 10.6. The molecule has 0 spiro atoms. The SMILES string of the molecule is O=C(COC(=O)c1cc(-c2ccncc2)nc2ccccc12)Nc1cc(Cl)ccc1Cl. The fourth-order valence-corrected chi connectivity index (χ4v) is 3.34. The van der Waals surface area contributed by atoms with Crippen LogP contribution in [0, 0.1) is 0 Å². The number of ether oxygens (including phenoxy) is 1. The first-order valence-electron chi connectivity index (χ1n) is 9.23. The third-order valence-electron chi connectivity index (χ3n) is 4.45. The van der Waals surface area contributed by atoms with Gasteiger partial charge in [0, 0.05) is 28.4 Å². The number of halogens is 2. The Labute approximate surface area is 187 Å². The standard InChI is InChI=1S/C23H15Cl2N3O3/c24-15-5-6-18(25)21(11-15)28-22(29)13-31-23(30)17-12-20(14-7-9-26-10-8-14)27-19-4-2-1-3-16(17)19/h1-12H,13H2,(H,28,29). The molecule has 0 unspecified atom stereocenters. The molecule has 0 saturated heterocycles. The van der Waals surface area contributed by atoms with Gasteiger partial charge < -0.3 is 10.1 Å². The predicted octanol–water partition coefficient (Wildman–Crippen LogP) is 5.40. The molecular formula is C23H15Cl2N3O3. The van der Waals surface area contributed by atoms with Crippen LogP contribution in [0.3, 0.4) is 0 Å². The molecule has 6 nitrogen and oxygen atoms in total.